The minimum Gasteiger partial charge on any atom is -0.496 e. The molecule has 0 aliphatic heterocycles. The van der Waals surface area contributed by atoms with Crippen molar-refractivity contribution in [3.63, 3.8) is 0 Å². The molecule has 2 fully saturated rings. The van der Waals surface area contributed by atoms with Gasteiger partial charge in [-0.05, 0) is 87.3 Å². The van der Waals surface area contributed by atoms with E-state index in [2.05, 4.69) is 39.8 Å². The quantitative estimate of drug-likeness (QED) is 0.341. The summed E-state index contributed by atoms with van der Waals surface area (Å²) in [4.78, 5) is 22.9. The second kappa shape index (κ2) is 19.1. The van der Waals surface area contributed by atoms with Crippen LogP contribution in [0.4, 0.5) is 5.82 Å². The topological polar surface area (TPSA) is 90.0 Å². The lowest BCUT2D eigenvalue weighted by Gasteiger charge is -2.26. The number of aryl methyl sites for hydroxylation is 2. The van der Waals surface area contributed by atoms with Crippen molar-refractivity contribution < 1.29 is 14.3 Å². The van der Waals surface area contributed by atoms with Gasteiger partial charge in [-0.2, -0.15) is 0 Å². The Bertz CT molecular complexity index is 1150. The van der Waals surface area contributed by atoms with E-state index in [-0.39, 0.29) is 11.8 Å². The molecule has 0 bridgehead atoms. The van der Waals surface area contributed by atoms with Gasteiger partial charge in [0.15, 0.2) is 0 Å². The fourth-order valence-electron chi connectivity index (χ4n) is 5.67. The van der Waals surface area contributed by atoms with Gasteiger partial charge < -0.3 is 15.2 Å². The number of anilines is 1. The number of hydrogen-bond donors (Lipinski definition) is 1. The van der Waals surface area contributed by atoms with Crippen molar-refractivity contribution in [2.45, 2.75) is 90.9 Å². The number of carbonyl (C=O) groups is 1. The lowest BCUT2D eigenvalue weighted by atomic mass is 9.83. The standard InChI is InChI=1S/C18H26N4O.C14H20O.C3H8O/c1-13-9-15(16(11-19)12-20-2)10-17(21-13)22(3)18(23)14-7-5-4-6-8-14;1-11-10-13(8-9-14(11)15-2)12-6-4-3-5-7-12;1-3-4-2/h9-12,14H,4-8,19H2,1-3H3;8-10,12H,3-7H2,1-2H3;3H2,1-2H3/b16-11+,20-12?;;. The Labute approximate surface area is 254 Å². The van der Waals surface area contributed by atoms with Crippen molar-refractivity contribution in [2.75, 3.05) is 39.8 Å². The van der Waals surface area contributed by atoms with Gasteiger partial charge in [0.25, 0.3) is 0 Å². The van der Waals surface area contributed by atoms with Gasteiger partial charge in [0.05, 0.1) is 7.11 Å². The average molecular weight is 579 g/mol. The number of methoxy groups -OCH3 is 2. The molecule has 2 saturated carbocycles. The van der Waals surface area contributed by atoms with Crippen LogP contribution in [0.2, 0.25) is 0 Å². The number of rotatable bonds is 7. The highest BCUT2D eigenvalue weighted by atomic mass is 16.5. The predicted molar refractivity (Wildman–Crippen MR) is 177 cm³/mol. The summed E-state index contributed by atoms with van der Waals surface area (Å²) in [6, 6.07) is 10.5. The first-order valence-corrected chi connectivity index (χ1v) is 15.5. The molecular formula is C35H54N4O3. The van der Waals surface area contributed by atoms with E-state index in [1.54, 1.807) is 32.4 Å². The molecule has 0 atom stereocenters. The zero-order valence-corrected chi connectivity index (χ0v) is 27.1. The van der Waals surface area contributed by atoms with Gasteiger partial charge in [-0.15, -0.1) is 0 Å². The highest BCUT2D eigenvalue weighted by molar-refractivity contribution is 6.10. The number of hydrogen-bond acceptors (Lipinski definition) is 6. The maximum absolute atomic E-state index is 12.7. The monoisotopic (exact) mass is 578 g/mol. The molecule has 0 saturated heterocycles. The predicted octanol–water partition coefficient (Wildman–Crippen LogP) is 7.64. The number of ether oxygens (including phenoxy) is 2. The van der Waals surface area contributed by atoms with Crippen molar-refractivity contribution in [3.05, 3.63) is 58.9 Å². The van der Waals surface area contributed by atoms with E-state index in [0.717, 1.165) is 60.8 Å². The van der Waals surface area contributed by atoms with Crippen molar-refractivity contribution in [3.8, 4) is 5.75 Å². The third-order valence-corrected chi connectivity index (χ3v) is 8.13. The number of aliphatic imine (C=N–C) groups is 1. The zero-order chi connectivity index (χ0) is 30.9. The minimum absolute atomic E-state index is 0.126. The number of nitrogens with two attached hydrogens (primary N) is 1. The van der Waals surface area contributed by atoms with E-state index in [1.165, 1.54) is 55.9 Å². The molecule has 42 heavy (non-hydrogen) atoms. The van der Waals surface area contributed by atoms with Crippen LogP contribution in [0, 0.1) is 19.8 Å². The third-order valence-electron chi connectivity index (χ3n) is 8.13. The lowest BCUT2D eigenvalue weighted by Crippen LogP contribution is -2.34. The van der Waals surface area contributed by atoms with Crippen LogP contribution >= 0.6 is 0 Å². The molecule has 0 unspecified atom stereocenters. The first-order chi connectivity index (χ1) is 20.3. The largest absolute Gasteiger partial charge is 0.496 e. The number of pyridine rings is 1. The fraction of sp³-hybridized carbons (Fsp3) is 0.571. The highest BCUT2D eigenvalue weighted by Gasteiger charge is 2.25. The smallest absolute Gasteiger partial charge is 0.230 e. The first kappa shape index (κ1) is 35.0. The summed E-state index contributed by atoms with van der Waals surface area (Å²) in [5, 5.41) is 0. The number of carbonyl (C=O) groups excluding carboxylic acids is 1. The molecule has 0 radical (unpaired) electrons. The molecule has 4 rings (SSSR count). The highest BCUT2D eigenvalue weighted by Crippen LogP contribution is 2.34. The molecule has 2 N–H and O–H groups in total. The molecule has 7 heteroatoms. The van der Waals surface area contributed by atoms with Crippen molar-refractivity contribution in [1.82, 2.24) is 4.98 Å². The second-order valence-electron chi connectivity index (χ2n) is 11.2. The molecule has 1 heterocycles. The zero-order valence-electron chi connectivity index (χ0n) is 27.1. The fourth-order valence-corrected chi connectivity index (χ4v) is 5.67. The second-order valence-corrected chi connectivity index (χ2v) is 11.2. The molecule has 2 aromatic rings. The van der Waals surface area contributed by atoms with Crippen molar-refractivity contribution in [1.29, 1.82) is 0 Å². The van der Waals surface area contributed by atoms with Crippen LogP contribution in [-0.2, 0) is 9.53 Å². The molecule has 1 aromatic heterocycles. The van der Waals surface area contributed by atoms with Crippen LogP contribution < -0.4 is 15.4 Å². The molecule has 7 nitrogen and oxygen atoms in total. The lowest BCUT2D eigenvalue weighted by molar-refractivity contribution is -0.123. The van der Waals surface area contributed by atoms with Crippen LogP contribution in [0.25, 0.3) is 5.57 Å². The van der Waals surface area contributed by atoms with Gasteiger partial charge in [-0.3, -0.25) is 14.7 Å². The summed E-state index contributed by atoms with van der Waals surface area (Å²) < 4.78 is 9.83. The van der Waals surface area contributed by atoms with Crippen LogP contribution in [0.5, 0.6) is 5.75 Å². The van der Waals surface area contributed by atoms with E-state index in [4.69, 9.17) is 10.5 Å². The summed E-state index contributed by atoms with van der Waals surface area (Å²) >= 11 is 0. The molecule has 2 aliphatic rings. The van der Waals surface area contributed by atoms with Gasteiger partial charge in [-0.25, -0.2) is 4.98 Å². The van der Waals surface area contributed by atoms with E-state index >= 15 is 0 Å². The van der Waals surface area contributed by atoms with Crippen molar-refractivity contribution in [2.24, 2.45) is 16.6 Å². The molecule has 0 spiro atoms. The molecule has 232 valence electrons. The van der Waals surface area contributed by atoms with Gasteiger partial charge in [0, 0.05) is 57.4 Å². The summed E-state index contributed by atoms with van der Waals surface area (Å²) in [5.74, 6) is 2.76. The Morgan fingerprint density at radius 1 is 1.02 bits per heavy atom. The van der Waals surface area contributed by atoms with E-state index in [9.17, 15) is 4.79 Å². The van der Waals surface area contributed by atoms with E-state index < -0.39 is 0 Å². The van der Waals surface area contributed by atoms with Gasteiger partial charge in [0.1, 0.15) is 11.6 Å². The van der Waals surface area contributed by atoms with Crippen LogP contribution in [0.1, 0.15) is 99.4 Å². The Balaban J connectivity index is 0.000000277. The third kappa shape index (κ3) is 10.9. The van der Waals surface area contributed by atoms with Crippen LogP contribution in [0.15, 0.2) is 41.5 Å². The summed E-state index contributed by atoms with van der Waals surface area (Å²) in [6.45, 7) is 6.83. The summed E-state index contributed by atoms with van der Waals surface area (Å²) in [5.41, 5.74) is 11.1. The Morgan fingerprint density at radius 3 is 2.17 bits per heavy atom. The van der Waals surface area contributed by atoms with E-state index in [0.29, 0.717) is 5.82 Å². The van der Waals surface area contributed by atoms with Gasteiger partial charge in [0.2, 0.25) is 5.91 Å². The maximum Gasteiger partial charge on any atom is 0.230 e. The Kier molecular flexibility index (Phi) is 15.9. The Morgan fingerprint density at radius 2 is 1.64 bits per heavy atom. The molecule has 1 aromatic carbocycles. The van der Waals surface area contributed by atoms with Crippen LogP contribution in [0.3, 0.4) is 0 Å². The average Bonchev–Trinajstić information content (AvgIpc) is 3.03. The van der Waals surface area contributed by atoms with Crippen molar-refractivity contribution >= 4 is 23.5 Å². The van der Waals surface area contributed by atoms with Gasteiger partial charge >= 0.3 is 0 Å². The minimum atomic E-state index is 0.126. The molecule has 1 amide bonds. The number of nitrogens with zero attached hydrogens (tertiary/aromatic N) is 3. The maximum atomic E-state index is 12.7. The SMILES string of the molecule is CCOC.CN=C/C(=C\N)c1cc(C)nc(N(C)C(=O)C2CCCCC2)c1.COc1ccc(C2CCCCC2)cc1C. The number of allylic oxidation sites excluding steroid dienone is 1. The van der Waals surface area contributed by atoms with E-state index in [1.807, 2.05) is 33.0 Å². The number of amides is 1. The van der Waals surface area contributed by atoms with Crippen LogP contribution in [-0.4, -0.2) is 52.0 Å². The summed E-state index contributed by atoms with van der Waals surface area (Å²) in [7, 11) is 6.93. The first-order valence-electron chi connectivity index (χ1n) is 15.5. The number of aromatic nitrogens is 1. The Hall–Kier alpha value is -3.19. The molecule has 2 aliphatic carbocycles. The number of benzene rings is 1. The summed E-state index contributed by atoms with van der Waals surface area (Å²) in [6.07, 6.45) is 15.7. The normalized spacial score (nSPS) is 16.2. The van der Waals surface area contributed by atoms with Gasteiger partial charge in [-0.1, -0.05) is 50.7 Å². The molecular weight excluding hydrogens is 524 g/mol.